The minimum atomic E-state index is -0.194. The highest BCUT2D eigenvalue weighted by Crippen LogP contribution is 2.02. The van der Waals surface area contributed by atoms with Gasteiger partial charge >= 0.3 is 0 Å². The first-order valence-electron chi connectivity index (χ1n) is 6.00. The Hall–Kier alpha value is -1.69. The maximum absolute atomic E-state index is 11.7. The van der Waals surface area contributed by atoms with Gasteiger partial charge in [0.2, 0.25) is 0 Å². The molecule has 2 N–H and O–H groups in total. The van der Waals surface area contributed by atoms with Crippen molar-refractivity contribution in [3.8, 4) is 0 Å². The highest BCUT2D eigenvalue weighted by Gasteiger charge is 2.07. The summed E-state index contributed by atoms with van der Waals surface area (Å²) in [4.78, 5) is 21.9. The molecule has 0 fully saturated rings. The number of nitrogens with zero attached hydrogens (tertiary/aromatic N) is 3. The summed E-state index contributed by atoms with van der Waals surface area (Å²) >= 11 is 0. The number of carbonyl (C=O) groups excluding carboxylic acids is 1. The number of rotatable bonds is 6. The molecule has 0 saturated carbocycles. The van der Waals surface area contributed by atoms with Crippen LogP contribution in [-0.4, -0.2) is 54.0 Å². The lowest BCUT2D eigenvalue weighted by Gasteiger charge is -2.11. The molecule has 0 saturated heterocycles. The Morgan fingerprint density at radius 1 is 1.33 bits per heavy atom. The molecule has 1 heterocycles. The second-order valence-electron chi connectivity index (χ2n) is 4.65. The Bertz CT molecular complexity index is 375. The molecular weight excluding hydrogens is 230 g/mol. The summed E-state index contributed by atoms with van der Waals surface area (Å²) in [6.45, 7) is 5.43. The van der Waals surface area contributed by atoms with Crippen molar-refractivity contribution in [1.82, 2.24) is 20.2 Å². The third-order valence-electron chi connectivity index (χ3n) is 2.17. The predicted octanol–water partition coefficient (Wildman–Crippen LogP) is 0.588. The van der Waals surface area contributed by atoms with Crippen LogP contribution in [0.2, 0.25) is 0 Å². The van der Waals surface area contributed by atoms with Crippen molar-refractivity contribution in [3.05, 3.63) is 18.1 Å². The molecule has 6 nitrogen and oxygen atoms in total. The minimum absolute atomic E-state index is 0.194. The quantitative estimate of drug-likeness (QED) is 0.774. The van der Waals surface area contributed by atoms with Crippen molar-refractivity contribution in [2.75, 3.05) is 32.5 Å². The van der Waals surface area contributed by atoms with Crippen LogP contribution in [0.4, 0.5) is 5.82 Å². The topological polar surface area (TPSA) is 70.2 Å². The molecule has 1 amide bonds. The molecule has 1 aromatic heterocycles. The average Bonchev–Trinajstić information content (AvgIpc) is 2.28. The second kappa shape index (κ2) is 6.90. The monoisotopic (exact) mass is 251 g/mol. The van der Waals surface area contributed by atoms with E-state index >= 15 is 0 Å². The molecule has 0 aliphatic rings. The van der Waals surface area contributed by atoms with Crippen LogP contribution >= 0.6 is 0 Å². The van der Waals surface area contributed by atoms with Gasteiger partial charge in [0.05, 0.1) is 12.4 Å². The lowest BCUT2D eigenvalue weighted by Crippen LogP contribution is -2.31. The molecule has 0 atom stereocenters. The molecule has 0 spiro atoms. The molecule has 0 bridgehead atoms. The highest BCUT2D eigenvalue weighted by atomic mass is 16.1. The Kier molecular flexibility index (Phi) is 5.51. The van der Waals surface area contributed by atoms with Crippen molar-refractivity contribution in [3.63, 3.8) is 0 Å². The van der Waals surface area contributed by atoms with Gasteiger partial charge in [0.25, 0.3) is 5.91 Å². The van der Waals surface area contributed by atoms with Gasteiger partial charge in [-0.3, -0.25) is 4.79 Å². The van der Waals surface area contributed by atoms with Crippen molar-refractivity contribution in [2.24, 2.45) is 0 Å². The van der Waals surface area contributed by atoms with Crippen molar-refractivity contribution in [2.45, 2.75) is 19.9 Å². The van der Waals surface area contributed by atoms with E-state index in [1.807, 2.05) is 32.8 Å². The third kappa shape index (κ3) is 5.09. The van der Waals surface area contributed by atoms with E-state index in [1.54, 1.807) is 6.20 Å². The zero-order valence-corrected chi connectivity index (χ0v) is 11.4. The number of hydrogen-bond donors (Lipinski definition) is 2. The molecule has 1 aromatic rings. The first-order chi connectivity index (χ1) is 8.49. The van der Waals surface area contributed by atoms with E-state index in [0.29, 0.717) is 24.1 Å². The number of nitrogens with one attached hydrogen (secondary N) is 2. The number of amides is 1. The molecular formula is C12H21N5O. The van der Waals surface area contributed by atoms with Crippen LogP contribution in [0.25, 0.3) is 0 Å². The Labute approximate surface area is 108 Å². The number of anilines is 1. The van der Waals surface area contributed by atoms with Crippen LogP contribution in [0, 0.1) is 0 Å². The van der Waals surface area contributed by atoms with Crippen molar-refractivity contribution in [1.29, 1.82) is 0 Å². The average molecular weight is 251 g/mol. The Morgan fingerprint density at radius 2 is 2.06 bits per heavy atom. The first-order valence-corrected chi connectivity index (χ1v) is 6.00. The summed E-state index contributed by atoms with van der Waals surface area (Å²) in [6, 6.07) is 0.291. The van der Waals surface area contributed by atoms with E-state index in [2.05, 4.69) is 20.6 Å². The summed E-state index contributed by atoms with van der Waals surface area (Å²) in [5.74, 6) is 0.482. The molecule has 0 unspecified atom stereocenters. The van der Waals surface area contributed by atoms with E-state index in [0.717, 1.165) is 6.54 Å². The molecule has 18 heavy (non-hydrogen) atoms. The molecule has 100 valence electrons. The zero-order chi connectivity index (χ0) is 13.5. The van der Waals surface area contributed by atoms with Crippen LogP contribution in [0.15, 0.2) is 12.4 Å². The summed E-state index contributed by atoms with van der Waals surface area (Å²) in [7, 11) is 3.91. The van der Waals surface area contributed by atoms with Gasteiger partial charge in [-0.1, -0.05) is 0 Å². The molecule has 6 heteroatoms. The summed E-state index contributed by atoms with van der Waals surface area (Å²) in [5, 5.41) is 5.90. The van der Waals surface area contributed by atoms with E-state index in [-0.39, 0.29) is 5.91 Å². The maximum atomic E-state index is 11.7. The lowest BCUT2D eigenvalue weighted by atomic mass is 10.4. The molecule has 0 aliphatic heterocycles. The van der Waals surface area contributed by atoms with Crippen LogP contribution in [0.5, 0.6) is 0 Å². The van der Waals surface area contributed by atoms with E-state index in [4.69, 9.17) is 0 Å². The van der Waals surface area contributed by atoms with Gasteiger partial charge in [0, 0.05) is 19.1 Å². The fourth-order valence-electron chi connectivity index (χ4n) is 1.30. The fourth-order valence-corrected chi connectivity index (χ4v) is 1.30. The Morgan fingerprint density at radius 3 is 2.56 bits per heavy atom. The first kappa shape index (κ1) is 14.4. The number of aromatic nitrogens is 2. The van der Waals surface area contributed by atoms with Crippen LogP contribution in [-0.2, 0) is 0 Å². The third-order valence-corrected chi connectivity index (χ3v) is 2.17. The zero-order valence-electron chi connectivity index (χ0n) is 11.4. The minimum Gasteiger partial charge on any atom is -0.367 e. The van der Waals surface area contributed by atoms with Gasteiger partial charge < -0.3 is 15.5 Å². The summed E-state index contributed by atoms with van der Waals surface area (Å²) in [5.41, 5.74) is 0.336. The molecule has 0 radical (unpaired) electrons. The lowest BCUT2D eigenvalue weighted by molar-refractivity contribution is 0.0945. The van der Waals surface area contributed by atoms with Gasteiger partial charge in [-0.25, -0.2) is 9.97 Å². The van der Waals surface area contributed by atoms with Crippen LogP contribution in [0.3, 0.4) is 0 Å². The smallest absolute Gasteiger partial charge is 0.271 e. The number of likely N-dealkylation sites (N-methyl/N-ethyl adjacent to an activating group) is 1. The second-order valence-corrected chi connectivity index (χ2v) is 4.65. The molecule has 1 rings (SSSR count). The molecule has 0 aliphatic carbocycles. The maximum Gasteiger partial charge on any atom is 0.271 e. The Balaban J connectivity index is 2.48. The predicted molar refractivity (Wildman–Crippen MR) is 71.7 cm³/mol. The van der Waals surface area contributed by atoms with Gasteiger partial charge in [-0.2, -0.15) is 0 Å². The highest BCUT2D eigenvalue weighted by molar-refractivity contribution is 5.91. The van der Waals surface area contributed by atoms with Gasteiger partial charge in [-0.05, 0) is 27.9 Å². The molecule has 0 aromatic carbocycles. The number of carbonyl (C=O) groups is 1. The fraction of sp³-hybridized carbons (Fsp3) is 0.583. The van der Waals surface area contributed by atoms with E-state index in [9.17, 15) is 4.79 Å². The SMILES string of the molecule is CC(C)Nc1cnc(C(=O)NCCN(C)C)cn1. The number of hydrogen-bond acceptors (Lipinski definition) is 5. The van der Waals surface area contributed by atoms with E-state index in [1.165, 1.54) is 6.20 Å². The van der Waals surface area contributed by atoms with Gasteiger partial charge in [-0.15, -0.1) is 0 Å². The summed E-state index contributed by atoms with van der Waals surface area (Å²) < 4.78 is 0. The van der Waals surface area contributed by atoms with Crippen molar-refractivity contribution >= 4 is 11.7 Å². The van der Waals surface area contributed by atoms with Gasteiger partial charge in [0.1, 0.15) is 11.5 Å². The van der Waals surface area contributed by atoms with E-state index < -0.39 is 0 Å². The summed E-state index contributed by atoms with van der Waals surface area (Å²) in [6.07, 6.45) is 3.05. The normalized spacial score (nSPS) is 10.8. The largest absolute Gasteiger partial charge is 0.367 e. The standard InChI is InChI=1S/C12H21N5O/c1-9(2)16-11-8-14-10(7-15-11)12(18)13-5-6-17(3)4/h7-9H,5-6H2,1-4H3,(H,13,18)(H,15,16). The van der Waals surface area contributed by atoms with Gasteiger partial charge in [0.15, 0.2) is 0 Å². The van der Waals surface area contributed by atoms with Crippen molar-refractivity contribution < 1.29 is 4.79 Å². The van der Waals surface area contributed by atoms with Crippen LogP contribution < -0.4 is 10.6 Å². The van der Waals surface area contributed by atoms with Crippen LogP contribution in [0.1, 0.15) is 24.3 Å².